The first kappa shape index (κ1) is 36.5. The molecule has 9 atom stereocenters. The van der Waals surface area contributed by atoms with Gasteiger partial charge in [0, 0.05) is 49.9 Å². The van der Waals surface area contributed by atoms with Gasteiger partial charge in [-0.15, -0.1) is 0 Å². The van der Waals surface area contributed by atoms with Gasteiger partial charge in [0.05, 0.1) is 6.61 Å². The number of ether oxygens (including phenoxy) is 2. The minimum atomic E-state index is -6.01. The molecule has 46 heavy (non-hydrogen) atoms. The molecule has 0 saturated heterocycles. The first-order valence-electron chi connectivity index (χ1n) is 16.2. The van der Waals surface area contributed by atoms with E-state index in [1.54, 1.807) is 0 Å². The zero-order valence-electron chi connectivity index (χ0n) is 26.6. The van der Waals surface area contributed by atoms with Crippen molar-refractivity contribution in [1.82, 2.24) is 0 Å². The van der Waals surface area contributed by atoms with Gasteiger partial charge in [0.25, 0.3) is 0 Å². The van der Waals surface area contributed by atoms with Crippen LogP contribution in [0, 0.1) is 46.3 Å². The van der Waals surface area contributed by atoms with Crippen molar-refractivity contribution in [2.24, 2.45) is 46.3 Å². The fraction of sp³-hybridized carbons (Fsp3) is 0.844. The number of carbonyl (C=O) groups is 5. The Balaban J connectivity index is 1.20. The molecule has 0 aromatic rings. The van der Waals surface area contributed by atoms with Gasteiger partial charge < -0.3 is 9.47 Å². The Bertz CT molecular complexity index is 1330. The molecular weight excluding hydrogens is 633 g/mol. The van der Waals surface area contributed by atoms with Crippen LogP contribution >= 0.6 is 0 Å². The average molecular weight is 679 g/mol. The second-order valence-electron chi connectivity index (χ2n) is 14.3. The van der Waals surface area contributed by atoms with Gasteiger partial charge >= 0.3 is 27.3 Å². The minimum absolute atomic E-state index is 0.0149. The lowest BCUT2D eigenvalue weighted by Crippen LogP contribution is -2.60. The van der Waals surface area contributed by atoms with E-state index in [0.717, 1.165) is 19.3 Å². The van der Waals surface area contributed by atoms with E-state index < -0.39 is 45.5 Å². The van der Waals surface area contributed by atoms with Crippen molar-refractivity contribution < 1.29 is 59.6 Å². The largest absolute Gasteiger partial charge is 0.466 e. The first-order chi connectivity index (χ1) is 21.3. The van der Waals surface area contributed by atoms with Crippen molar-refractivity contribution in [2.45, 2.75) is 109 Å². The molecule has 4 rings (SSSR count). The zero-order valence-corrected chi connectivity index (χ0v) is 27.4. The number of halogens is 3. The van der Waals surface area contributed by atoms with Crippen LogP contribution in [0.1, 0.15) is 97.8 Å². The van der Waals surface area contributed by atoms with Crippen LogP contribution in [0.15, 0.2) is 0 Å². The number of unbranched alkanes of at least 4 members (excludes halogenated alkanes) is 1. The van der Waals surface area contributed by atoms with Crippen LogP contribution in [-0.4, -0.2) is 66.9 Å². The summed E-state index contributed by atoms with van der Waals surface area (Å²) in [5.41, 5.74) is -0.828. The van der Waals surface area contributed by atoms with Crippen LogP contribution in [-0.2, 0) is 43.6 Å². The van der Waals surface area contributed by atoms with Crippen molar-refractivity contribution in [3.05, 3.63) is 0 Å². The van der Waals surface area contributed by atoms with Crippen LogP contribution in [0.3, 0.4) is 0 Å². The number of hydrogen-bond acceptors (Lipinski definition) is 9. The van der Waals surface area contributed by atoms with E-state index in [2.05, 4.69) is 11.7 Å². The van der Waals surface area contributed by atoms with E-state index in [1.807, 2.05) is 13.8 Å². The molecule has 4 saturated carbocycles. The molecule has 0 radical (unpaired) electrons. The summed E-state index contributed by atoms with van der Waals surface area (Å²) in [6, 6.07) is 0. The number of alkyl halides is 3. The van der Waals surface area contributed by atoms with Crippen molar-refractivity contribution in [3.63, 3.8) is 0 Å². The predicted molar refractivity (Wildman–Crippen MR) is 157 cm³/mol. The van der Waals surface area contributed by atoms with Crippen LogP contribution in [0.25, 0.3) is 0 Å². The molecule has 0 aromatic carbocycles. The van der Waals surface area contributed by atoms with Crippen LogP contribution in [0.4, 0.5) is 13.2 Å². The molecule has 0 aromatic heterocycles. The lowest BCUT2D eigenvalue weighted by atomic mass is 9.44. The van der Waals surface area contributed by atoms with E-state index in [0.29, 0.717) is 32.1 Å². The Morgan fingerprint density at radius 3 is 2.35 bits per heavy atom. The summed E-state index contributed by atoms with van der Waals surface area (Å²) in [5.74, 6) is -1.09. The minimum Gasteiger partial charge on any atom is -0.466 e. The second kappa shape index (κ2) is 13.6. The maximum absolute atomic E-state index is 13.9. The molecule has 1 unspecified atom stereocenters. The molecule has 0 bridgehead atoms. The Hall–Kier alpha value is -2.35. The van der Waals surface area contributed by atoms with Gasteiger partial charge in [-0.3, -0.25) is 28.5 Å². The van der Waals surface area contributed by atoms with Crippen LogP contribution in [0.5, 0.6) is 0 Å². The van der Waals surface area contributed by atoms with Crippen LogP contribution < -0.4 is 0 Å². The standard InChI is InChI=1S/C32H45F3O10S/c1-18(7-10-28(40)44-13-5-4-6-27(39)45-17-25(33)32(34,35)46(41,42)43)21-8-9-22-29-23(16-26(38)31(21,22)3)30(2)12-11-20(36)14-19(30)15-24(29)37/h18-19,21-23,25,29H,4-17H2,1-3H3,(H,41,42,43)/t18-,19+,21-,22+,23+,25?,29+,30+,31-/m1/s1. The molecule has 14 heteroatoms. The van der Waals surface area contributed by atoms with Gasteiger partial charge in [0.15, 0.2) is 0 Å². The van der Waals surface area contributed by atoms with Gasteiger partial charge in [-0.05, 0) is 73.5 Å². The molecular formula is C32H45F3O10S. The van der Waals surface area contributed by atoms with Crippen LogP contribution in [0.2, 0.25) is 0 Å². The van der Waals surface area contributed by atoms with Gasteiger partial charge in [-0.1, -0.05) is 20.8 Å². The Morgan fingerprint density at radius 2 is 1.67 bits per heavy atom. The maximum Gasteiger partial charge on any atom is 0.403 e. The van der Waals surface area contributed by atoms with E-state index in [9.17, 15) is 45.6 Å². The molecule has 0 spiro atoms. The number of Topliss-reactive ketones (excluding diaryl/α,β-unsaturated/α-hetero) is 3. The summed E-state index contributed by atoms with van der Waals surface area (Å²) in [7, 11) is -6.01. The van der Waals surface area contributed by atoms with E-state index in [4.69, 9.17) is 9.29 Å². The molecule has 260 valence electrons. The molecule has 4 fully saturated rings. The predicted octanol–water partition coefficient (Wildman–Crippen LogP) is 5.06. The van der Waals surface area contributed by atoms with Gasteiger partial charge in [0.1, 0.15) is 24.0 Å². The third-order valence-corrected chi connectivity index (χ3v) is 12.8. The normalized spacial score (nSPS) is 34.2. The second-order valence-corrected chi connectivity index (χ2v) is 15.8. The summed E-state index contributed by atoms with van der Waals surface area (Å²) >= 11 is 0. The summed E-state index contributed by atoms with van der Waals surface area (Å²) in [5, 5.41) is -5.11. The molecule has 0 amide bonds. The van der Waals surface area contributed by atoms with Crippen molar-refractivity contribution in [1.29, 1.82) is 0 Å². The van der Waals surface area contributed by atoms with Gasteiger partial charge in [-0.2, -0.15) is 17.2 Å². The van der Waals surface area contributed by atoms with Crippen molar-refractivity contribution in [2.75, 3.05) is 13.2 Å². The van der Waals surface area contributed by atoms with Crippen molar-refractivity contribution >= 4 is 39.4 Å². The number of ketones is 3. The topological polar surface area (TPSA) is 158 Å². The number of carbonyl (C=O) groups excluding carboxylic acids is 5. The summed E-state index contributed by atoms with van der Waals surface area (Å²) in [4.78, 5) is 63.7. The highest BCUT2D eigenvalue weighted by Crippen LogP contribution is 2.66. The number of fused-ring (bicyclic) bond motifs is 5. The quantitative estimate of drug-likeness (QED) is 0.159. The highest BCUT2D eigenvalue weighted by molar-refractivity contribution is 7.86. The molecule has 4 aliphatic carbocycles. The highest BCUT2D eigenvalue weighted by atomic mass is 32.2. The highest BCUT2D eigenvalue weighted by Gasteiger charge is 2.66. The Labute approximate surface area is 267 Å². The summed E-state index contributed by atoms with van der Waals surface area (Å²) < 4.78 is 78.8. The molecule has 4 aliphatic rings. The lowest BCUT2D eigenvalue weighted by molar-refractivity contribution is -0.166. The smallest absolute Gasteiger partial charge is 0.403 e. The fourth-order valence-corrected chi connectivity index (χ4v) is 9.45. The summed E-state index contributed by atoms with van der Waals surface area (Å²) in [6.07, 6.45) is 1.25. The maximum atomic E-state index is 13.9. The van der Waals surface area contributed by atoms with E-state index in [-0.39, 0.29) is 90.6 Å². The Morgan fingerprint density at radius 1 is 1.00 bits per heavy atom. The Kier molecular flexibility index (Phi) is 10.8. The SMILES string of the molecule is C[C@H](CCC(=O)OCCCCC(=O)OCC(F)C(F)(F)S(=O)(=O)O)[C@H]1CC[C@H]2[C@@H]3C(=O)C[C@@H]4CC(=O)CC[C@]4(C)[C@H]3CC(=O)[C@]12C. The zero-order chi connectivity index (χ0) is 34.2. The number of esters is 2. The van der Waals surface area contributed by atoms with Crippen molar-refractivity contribution in [3.8, 4) is 0 Å². The fourth-order valence-electron chi connectivity index (χ4n) is 9.06. The van der Waals surface area contributed by atoms with Gasteiger partial charge in [-0.25, -0.2) is 4.39 Å². The van der Waals surface area contributed by atoms with E-state index >= 15 is 0 Å². The summed E-state index contributed by atoms with van der Waals surface area (Å²) in [6.45, 7) is 4.64. The number of hydrogen-bond donors (Lipinski definition) is 1. The molecule has 10 nitrogen and oxygen atoms in total. The van der Waals surface area contributed by atoms with E-state index in [1.165, 1.54) is 0 Å². The number of rotatable bonds is 13. The lowest BCUT2D eigenvalue weighted by Gasteiger charge is -2.58. The monoisotopic (exact) mass is 678 g/mol. The molecule has 0 heterocycles. The molecule has 0 aliphatic heterocycles. The first-order valence-corrected chi connectivity index (χ1v) is 17.7. The third-order valence-electron chi connectivity index (χ3n) is 11.8. The average Bonchev–Trinajstić information content (AvgIpc) is 3.33. The third kappa shape index (κ3) is 6.93. The molecule has 1 N–H and O–H groups in total. The van der Waals surface area contributed by atoms with Gasteiger partial charge in [0.2, 0.25) is 6.17 Å².